The molecule has 0 spiro atoms. The number of imidazole rings is 2. The van der Waals surface area contributed by atoms with Gasteiger partial charge >= 0.3 is 5.97 Å². The van der Waals surface area contributed by atoms with Crippen LogP contribution in [0.4, 0.5) is 4.39 Å². The van der Waals surface area contributed by atoms with Crippen molar-refractivity contribution in [1.82, 2.24) is 14.0 Å². The van der Waals surface area contributed by atoms with Gasteiger partial charge < -0.3 is 9.67 Å². The van der Waals surface area contributed by atoms with Crippen molar-refractivity contribution in [3.05, 3.63) is 34.3 Å². The summed E-state index contributed by atoms with van der Waals surface area (Å²) in [6, 6.07) is 4.43. The average molecular weight is 340 g/mol. The normalized spacial score (nSPS) is 11.6. The van der Waals surface area contributed by atoms with Crippen LogP contribution in [0.5, 0.6) is 0 Å². The fraction of sp³-hybridized carbons (Fsp3) is 0.231. The van der Waals surface area contributed by atoms with Gasteiger partial charge in [-0.2, -0.15) is 0 Å². The van der Waals surface area contributed by atoms with E-state index in [1.807, 2.05) is 16.0 Å². The topological polar surface area (TPSA) is 59.5 Å². The molecule has 104 valence electrons. The van der Waals surface area contributed by atoms with E-state index in [0.29, 0.717) is 17.7 Å². The zero-order chi connectivity index (χ0) is 14.4. The Hall–Kier alpha value is -1.89. The quantitative estimate of drug-likeness (QED) is 0.798. The Morgan fingerprint density at radius 2 is 2.25 bits per heavy atom. The molecule has 2 aromatic heterocycles. The molecule has 0 bridgehead atoms. The Kier molecular flexibility index (Phi) is 3.01. The molecule has 20 heavy (non-hydrogen) atoms. The van der Waals surface area contributed by atoms with E-state index in [1.54, 1.807) is 6.07 Å². The van der Waals surface area contributed by atoms with Crippen molar-refractivity contribution >= 4 is 38.7 Å². The zero-order valence-electron chi connectivity index (χ0n) is 10.6. The number of carboxylic acids is 1. The summed E-state index contributed by atoms with van der Waals surface area (Å²) in [5.74, 6) is -0.524. The van der Waals surface area contributed by atoms with Crippen molar-refractivity contribution in [3.8, 4) is 0 Å². The molecule has 0 saturated heterocycles. The van der Waals surface area contributed by atoms with Crippen LogP contribution in [0.2, 0.25) is 0 Å². The smallest absolute Gasteiger partial charge is 0.303 e. The van der Waals surface area contributed by atoms with Crippen LogP contribution in [0.1, 0.15) is 12.1 Å². The van der Waals surface area contributed by atoms with E-state index >= 15 is 0 Å². The highest BCUT2D eigenvalue weighted by molar-refractivity contribution is 9.10. The molecule has 0 unspecified atom stereocenters. The van der Waals surface area contributed by atoms with E-state index in [-0.39, 0.29) is 12.2 Å². The highest BCUT2D eigenvalue weighted by Crippen LogP contribution is 2.28. The molecule has 1 N–H and O–H groups in total. The SMILES string of the molecule is Cn1c(CCC(=O)O)c(Br)n2c3ccc(F)cc3nc12. The van der Waals surface area contributed by atoms with Gasteiger partial charge in [0.2, 0.25) is 5.78 Å². The fourth-order valence-electron chi connectivity index (χ4n) is 2.34. The molecule has 3 rings (SSSR count). The molecule has 5 nitrogen and oxygen atoms in total. The Bertz CT molecular complexity index is 837. The van der Waals surface area contributed by atoms with Crippen molar-refractivity contribution in [3.63, 3.8) is 0 Å². The van der Waals surface area contributed by atoms with Gasteiger partial charge in [-0.15, -0.1) is 0 Å². The second kappa shape index (κ2) is 4.59. The maximum Gasteiger partial charge on any atom is 0.303 e. The molecule has 0 atom stereocenters. The minimum absolute atomic E-state index is 0.0478. The first-order valence-corrected chi connectivity index (χ1v) is 6.81. The number of carboxylic acid groups (broad SMARTS) is 1. The van der Waals surface area contributed by atoms with Gasteiger partial charge in [-0.05, 0) is 28.1 Å². The number of carbonyl (C=O) groups is 1. The number of nitrogens with zero attached hydrogens (tertiary/aromatic N) is 3. The van der Waals surface area contributed by atoms with Crippen molar-refractivity contribution in [1.29, 1.82) is 0 Å². The summed E-state index contributed by atoms with van der Waals surface area (Å²) in [5.41, 5.74) is 2.20. The number of aromatic nitrogens is 3. The maximum absolute atomic E-state index is 13.2. The summed E-state index contributed by atoms with van der Waals surface area (Å²) in [6.07, 6.45) is 0.449. The van der Waals surface area contributed by atoms with E-state index in [9.17, 15) is 9.18 Å². The summed E-state index contributed by atoms with van der Waals surface area (Å²) >= 11 is 3.49. The van der Waals surface area contributed by atoms with Crippen LogP contribution in [-0.2, 0) is 18.3 Å². The third-order valence-corrected chi connectivity index (χ3v) is 4.13. The second-order valence-electron chi connectivity index (χ2n) is 4.57. The van der Waals surface area contributed by atoms with Crippen LogP contribution in [-0.4, -0.2) is 25.0 Å². The van der Waals surface area contributed by atoms with Crippen LogP contribution in [0.25, 0.3) is 16.8 Å². The molecule has 0 fully saturated rings. The lowest BCUT2D eigenvalue weighted by molar-refractivity contribution is -0.136. The Balaban J connectivity index is 2.23. The number of aliphatic carboxylic acids is 1. The molecule has 0 aliphatic heterocycles. The number of benzene rings is 1. The van der Waals surface area contributed by atoms with E-state index in [2.05, 4.69) is 20.9 Å². The molecule has 0 saturated carbocycles. The predicted octanol–water partition coefficient (Wildman–Crippen LogP) is 2.74. The predicted molar refractivity (Wildman–Crippen MR) is 75.3 cm³/mol. The van der Waals surface area contributed by atoms with E-state index in [0.717, 1.165) is 15.8 Å². The molecule has 1 aromatic carbocycles. The third kappa shape index (κ3) is 1.89. The van der Waals surface area contributed by atoms with Crippen molar-refractivity contribution in [2.75, 3.05) is 0 Å². The number of hydrogen-bond donors (Lipinski definition) is 1. The van der Waals surface area contributed by atoms with Gasteiger partial charge in [0.15, 0.2) is 0 Å². The lowest BCUT2D eigenvalue weighted by Gasteiger charge is -2.01. The summed E-state index contributed by atoms with van der Waals surface area (Å²) in [5, 5.41) is 8.80. The van der Waals surface area contributed by atoms with Gasteiger partial charge in [-0.1, -0.05) is 0 Å². The lowest BCUT2D eigenvalue weighted by Crippen LogP contribution is -2.02. The van der Waals surface area contributed by atoms with Gasteiger partial charge in [-0.25, -0.2) is 9.37 Å². The first kappa shape index (κ1) is 13.1. The minimum atomic E-state index is -0.845. The Morgan fingerprint density at radius 3 is 2.95 bits per heavy atom. The zero-order valence-corrected chi connectivity index (χ0v) is 12.2. The number of halogens is 2. The van der Waals surface area contributed by atoms with Crippen LogP contribution in [0.15, 0.2) is 22.8 Å². The Morgan fingerprint density at radius 1 is 1.50 bits per heavy atom. The monoisotopic (exact) mass is 339 g/mol. The first-order valence-electron chi connectivity index (χ1n) is 6.01. The van der Waals surface area contributed by atoms with Crippen molar-refractivity contribution < 1.29 is 14.3 Å². The fourth-order valence-corrected chi connectivity index (χ4v) is 3.16. The Labute approximate surface area is 121 Å². The molecular weight excluding hydrogens is 329 g/mol. The van der Waals surface area contributed by atoms with Gasteiger partial charge in [0.1, 0.15) is 10.4 Å². The standard InChI is InChI=1S/C13H11BrFN3O2/c1-17-10(4-5-11(19)20)12(14)18-9-3-2-7(15)6-8(9)16-13(17)18/h2-3,6H,4-5H2,1H3,(H,19,20). The van der Waals surface area contributed by atoms with Gasteiger partial charge in [0, 0.05) is 19.5 Å². The summed E-state index contributed by atoms with van der Waals surface area (Å²) in [7, 11) is 1.82. The van der Waals surface area contributed by atoms with Crippen molar-refractivity contribution in [2.24, 2.45) is 7.05 Å². The molecular formula is C13H11BrFN3O2. The first-order chi connectivity index (χ1) is 9.49. The molecule has 0 radical (unpaired) electrons. The van der Waals surface area contributed by atoms with Crippen LogP contribution >= 0.6 is 15.9 Å². The lowest BCUT2D eigenvalue weighted by atomic mass is 10.2. The number of hydrogen-bond acceptors (Lipinski definition) is 2. The summed E-state index contributed by atoms with van der Waals surface area (Å²) < 4.78 is 17.7. The van der Waals surface area contributed by atoms with E-state index < -0.39 is 5.97 Å². The molecule has 0 aliphatic carbocycles. The van der Waals surface area contributed by atoms with E-state index in [4.69, 9.17) is 5.11 Å². The number of rotatable bonds is 3. The largest absolute Gasteiger partial charge is 0.481 e. The van der Waals surface area contributed by atoms with Crippen LogP contribution in [0, 0.1) is 5.82 Å². The maximum atomic E-state index is 13.2. The van der Waals surface area contributed by atoms with Crippen LogP contribution < -0.4 is 0 Å². The molecule has 2 heterocycles. The molecule has 0 amide bonds. The summed E-state index contributed by atoms with van der Waals surface area (Å²) in [4.78, 5) is 15.1. The second-order valence-corrected chi connectivity index (χ2v) is 5.32. The molecule has 7 heteroatoms. The molecule has 3 aromatic rings. The van der Waals surface area contributed by atoms with Gasteiger partial charge in [0.05, 0.1) is 23.1 Å². The highest BCUT2D eigenvalue weighted by atomic mass is 79.9. The van der Waals surface area contributed by atoms with Crippen molar-refractivity contribution in [2.45, 2.75) is 12.8 Å². The van der Waals surface area contributed by atoms with Gasteiger partial charge in [-0.3, -0.25) is 9.20 Å². The third-order valence-electron chi connectivity index (χ3n) is 3.31. The average Bonchev–Trinajstić information content (AvgIpc) is 2.85. The number of fused-ring (bicyclic) bond motifs is 3. The van der Waals surface area contributed by atoms with E-state index in [1.165, 1.54) is 12.1 Å². The highest BCUT2D eigenvalue weighted by Gasteiger charge is 2.18. The minimum Gasteiger partial charge on any atom is -0.481 e. The number of aryl methyl sites for hydroxylation is 1. The summed E-state index contributed by atoms with van der Waals surface area (Å²) in [6.45, 7) is 0. The molecule has 0 aliphatic rings. The van der Waals surface area contributed by atoms with Gasteiger partial charge in [0.25, 0.3) is 0 Å². The van der Waals surface area contributed by atoms with Crippen LogP contribution in [0.3, 0.4) is 0 Å².